The number of hydrogen-bond acceptors (Lipinski definition) is 2. The first-order chi connectivity index (χ1) is 7.43. The van der Waals surface area contributed by atoms with E-state index < -0.39 is 11.6 Å². The first-order valence-electron chi connectivity index (χ1n) is 4.88. The zero-order chi connectivity index (χ0) is 12.2. The second-order valence-electron chi connectivity index (χ2n) is 4.13. The van der Waals surface area contributed by atoms with E-state index >= 15 is 0 Å². The van der Waals surface area contributed by atoms with Gasteiger partial charge in [-0.05, 0) is 38.1 Å². The summed E-state index contributed by atoms with van der Waals surface area (Å²) in [6.45, 7) is 3.22. The summed E-state index contributed by atoms with van der Waals surface area (Å²) >= 11 is 0. The highest BCUT2D eigenvalue weighted by Crippen LogP contribution is 2.08. The van der Waals surface area contributed by atoms with Crippen LogP contribution in [0.25, 0.3) is 0 Å². The molecule has 1 rings (SSSR count). The van der Waals surface area contributed by atoms with Crippen LogP contribution in [0.5, 0.6) is 0 Å². The van der Waals surface area contributed by atoms with Crippen LogP contribution in [-0.2, 0) is 0 Å². The van der Waals surface area contributed by atoms with Gasteiger partial charge >= 0.3 is 6.03 Å². The van der Waals surface area contributed by atoms with Crippen molar-refractivity contribution in [2.24, 2.45) is 0 Å². The molecule has 3 N–H and O–H groups in total. The molecule has 2 amide bonds. The number of halogens is 1. The molecule has 4 nitrogen and oxygen atoms in total. The molecule has 0 atom stereocenters. The Balaban J connectivity index is 2.55. The van der Waals surface area contributed by atoms with Crippen LogP contribution in [0.4, 0.5) is 14.9 Å². The number of hydrogen-bond donors (Lipinski definition) is 3. The molecule has 0 fully saturated rings. The Morgan fingerprint density at radius 3 is 2.44 bits per heavy atom. The largest absolute Gasteiger partial charge is 0.394 e. The number of carbonyl (C=O) groups excluding carboxylic acids is 1. The van der Waals surface area contributed by atoms with E-state index in [4.69, 9.17) is 5.11 Å². The number of aliphatic hydroxyl groups is 1. The van der Waals surface area contributed by atoms with E-state index in [0.717, 1.165) is 0 Å². The molecule has 0 aromatic heterocycles. The monoisotopic (exact) mass is 226 g/mol. The fourth-order valence-electron chi connectivity index (χ4n) is 1.04. The molecular weight excluding hydrogens is 211 g/mol. The van der Waals surface area contributed by atoms with Gasteiger partial charge in [0.15, 0.2) is 0 Å². The molecule has 88 valence electrons. The summed E-state index contributed by atoms with van der Waals surface area (Å²) < 4.78 is 12.6. The molecule has 16 heavy (non-hydrogen) atoms. The number of carbonyl (C=O) groups is 1. The van der Waals surface area contributed by atoms with Crippen molar-refractivity contribution in [2.45, 2.75) is 19.4 Å². The first-order valence-corrected chi connectivity index (χ1v) is 4.88. The van der Waals surface area contributed by atoms with Crippen LogP contribution in [0, 0.1) is 5.82 Å². The number of nitrogens with one attached hydrogen (secondary N) is 2. The molecule has 0 saturated heterocycles. The van der Waals surface area contributed by atoms with Crippen molar-refractivity contribution in [1.29, 1.82) is 0 Å². The average Bonchev–Trinajstić information content (AvgIpc) is 2.21. The lowest BCUT2D eigenvalue weighted by Gasteiger charge is -2.23. The third kappa shape index (κ3) is 3.86. The minimum absolute atomic E-state index is 0.163. The van der Waals surface area contributed by atoms with E-state index in [-0.39, 0.29) is 12.4 Å². The van der Waals surface area contributed by atoms with Gasteiger partial charge in [-0.2, -0.15) is 0 Å². The molecule has 0 saturated carbocycles. The third-order valence-electron chi connectivity index (χ3n) is 1.95. The summed E-state index contributed by atoms with van der Waals surface area (Å²) in [4.78, 5) is 11.4. The van der Waals surface area contributed by atoms with Crippen molar-refractivity contribution in [1.82, 2.24) is 5.32 Å². The zero-order valence-corrected chi connectivity index (χ0v) is 9.25. The summed E-state index contributed by atoms with van der Waals surface area (Å²) in [5.41, 5.74) is -0.197. The highest BCUT2D eigenvalue weighted by molar-refractivity contribution is 5.89. The number of rotatable bonds is 3. The lowest BCUT2D eigenvalue weighted by atomic mass is 10.1. The van der Waals surface area contributed by atoms with Crippen molar-refractivity contribution < 1.29 is 14.3 Å². The fraction of sp³-hybridized carbons (Fsp3) is 0.364. The van der Waals surface area contributed by atoms with Crippen LogP contribution in [0.1, 0.15) is 13.8 Å². The molecule has 0 unspecified atom stereocenters. The molecule has 1 aromatic carbocycles. The summed E-state index contributed by atoms with van der Waals surface area (Å²) in [5.74, 6) is -0.360. The molecule has 0 aliphatic heterocycles. The predicted octanol–water partition coefficient (Wildman–Crippen LogP) is 1.72. The SMILES string of the molecule is CC(C)(CO)NC(=O)Nc1ccc(F)cc1. The topological polar surface area (TPSA) is 61.4 Å². The van der Waals surface area contributed by atoms with Gasteiger partial charge in [0.1, 0.15) is 5.82 Å². The molecule has 0 spiro atoms. The van der Waals surface area contributed by atoms with Gasteiger partial charge in [0.05, 0.1) is 12.1 Å². The number of amides is 2. The van der Waals surface area contributed by atoms with Gasteiger partial charge in [-0.3, -0.25) is 0 Å². The van der Waals surface area contributed by atoms with Gasteiger partial charge in [0.2, 0.25) is 0 Å². The van der Waals surface area contributed by atoms with Gasteiger partial charge in [-0.25, -0.2) is 9.18 Å². The minimum Gasteiger partial charge on any atom is -0.394 e. The smallest absolute Gasteiger partial charge is 0.319 e. The molecular formula is C11H15FN2O2. The van der Waals surface area contributed by atoms with Crippen molar-refractivity contribution in [3.63, 3.8) is 0 Å². The Kier molecular flexibility index (Phi) is 3.84. The van der Waals surface area contributed by atoms with E-state index in [1.807, 2.05) is 0 Å². The Morgan fingerprint density at radius 1 is 1.38 bits per heavy atom. The highest BCUT2D eigenvalue weighted by atomic mass is 19.1. The Hall–Kier alpha value is -1.62. The maximum Gasteiger partial charge on any atom is 0.319 e. The lowest BCUT2D eigenvalue weighted by molar-refractivity contribution is 0.187. The van der Waals surface area contributed by atoms with Gasteiger partial charge in [0, 0.05) is 5.69 Å². The molecule has 0 bridgehead atoms. The van der Waals surface area contributed by atoms with Gasteiger partial charge in [-0.1, -0.05) is 0 Å². The van der Waals surface area contributed by atoms with Crippen LogP contribution in [0.3, 0.4) is 0 Å². The van der Waals surface area contributed by atoms with E-state index in [1.165, 1.54) is 24.3 Å². The van der Waals surface area contributed by atoms with Crippen molar-refractivity contribution in [3.05, 3.63) is 30.1 Å². The van der Waals surface area contributed by atoms with Gasteiger partial charge in [-0.15, -0.1) is 0 Å². The predicted molar refractivity (Wildman–Crippen MR) is 59.7 cm³/mol. The van der Waals surface area contributed by atoms with Crippen molar-refractivity contribution in [2.75, 3.05) is 11.9 Å². The fourth-order valence-corrected chi connectivity index (χ4v) is 1.04. The summed E-state index contributed by atoms with van der Waals surface area (Å²) in [7, 11) is 0. The van der Waals surface area contributed by atoms with Crippen LogP contribution >= 0.6 is 0 Å². The summed E-state index contributed by atoms with van der Waals surface area (Å²) in [6.07, 6.45) is 0. The van der Waals surface area contributed by atoms with Crippen LogP contribution < -0.4 is 10.6 Å². The maximum absolute atomic E-state index is 12.6. The Bertz CT molecular complexity index is 363. The number of anilines is 1. The van der Waals surface area contributed by atoms with E-state index in [1.54, 1.807) is 13.8 Å². The lowest BCUT2D eigenvalue weighted by Crippen LogP contribution is -2.48. The Labute approximate surface area is 93.5 Å². The third-order valence-corrected chi connectivity index (χ3v) is 1.95. The quantitative estimate of drug-likeness (QED) is 0.734. The van der Waals surface area contributed by atoms with Gasteiger partial charge < -0.3 is 15.7 Å². The van der Waals surface area contributed by atoms with Crippen LogP contribution in [0.15, 0.2) is 24.3 Å². The minimum atomic E-state index is -0.690. The molecule has 0 aliphatic carbocycles. The first kappa shape index (κ1) is 12.4. The second-order valence-corrected chi connectivity index (χ2v) is 4.13. The standard InChI is InChI=1S/C11H15FN2O2/c1-11(2,7-15)14-10(16)13-9-5-3-8(12)4-6-9/h3-6,15H,7H2,1-2H3,(H2,13,14,16). The molecule has 0 aliphatic rings. The van der Waals surface area contributed by atoms with Gasteiger partial charge in [0.25, 0.3) is 0 Å². The van der Waals surface area contributed by atoms with E-state index in [9.17, 15) is 9.18 Å². The second kappa shape index (κ2) is 4.94. The van der Waals surface area contributed by atoms with Crippen LogP contribution in [-0.4, -0.2) is 23.3 Å². The van der Waals surface area contributed by atoms with E-state index in [2.05, 4.69) is 10.6 Å². The number of benzene rings is 1. The number of aliphatic hydroxyl groups excluding tert-OH is 1. The normalized spacial score (nSPS) is 11.0. The number of urea groups is 1. The maximum atomic E-state index is 12.6. The zero-order valence-electron chi connectivity index (χ0n) is 9.25. The highest BCUT2D eigenvalue weighted by Gasteiger charge is 2.18. The average molecular weight is 226 g/mol. The molecule has 5 heteroatoms. The van der Waals surface area contributed by atoms with E-state index in [0.29, 0.717) is 5.69 Å². The summed E-state index contributed by atoms with van der Waals surface area (Å²) in [5, 5.41) is 14.1. The van der Waals surface area contributed by atoms with Crippen molar-refractivity contribution >= 4 is 11.7 Å². The summed E-state index contributed by atoms with van der Waals surface area (Å²) in [6, 6.07) is 4.99. The Morgan fingerprint density at radius 2 is 1.94 bits per heavy atom. The van der Waals surface area contributed by atoms with Crippen LogP contribution in [0.2, 0.25) is 0 Å². The molecule has 0 radical (unpaired) electrons. The molecule has 1 aromatic rings. The van der Waals surface area contributed by atoms with Crippen molar-refractivity contribution in [3.8, 4) is 0 Å². The molecule has 0 heterocycles.